The first-order valence-corrected chi connectivity index (χ1v) is 15.0. The summed E-state index contributed by atoms with van der Waals surface area (Å²) in [7, 11) is 0. The van der Waals surface area contributed by atoms with Gasteiger partial charge in [-0.15, -0.1) is 0 Å². The third-order valence-corrected chi connectivity index (χ3v) is 10.3. The Morgan fingerprint density at radius 3 is 2.32 bits per heavy atom. The molecule has 6 nitrogen and oxygen atoms in total. The highest BCUT2D eigenvalue weighted by molar-refractivity contribution is 5.51. The summed E-state index contributed by atoms with van der Waals surface area (Å²) in [4.78, 5) is 0. The van der Waals surface area contributed by atoms with Crippen molar-refractivity contribution in [2.24, 2.45) is 17.3 Å². The molecule has 37 heavy (non-hydrogen) atoms. The molecule has 2 saturated carbocycles. The minimum absolute atomic E-state index is 0.153. The van der Waals surface area contributed by atoms with Gasteiger partial charge in [0.2, 0.25) is 0 Å². The van der Waals surface area contributed by atoms with Gasteiger partial charge >= 0.3 is 0 Å². The molecule has 0 bridgehead atoms. The minimum atomic E-state index is -0.460. The number of rotatable bonds is 4. The van der Waals surface area contributed by atoms with Gasteiger partial charge in [-0.1, -0.05) is 6.92 Å². The number of hydrogen-bond donors (Lipinski definition) is 0. The van der Waals surface area contributed by atoms with Crippen molar-refractivity contribution >= 4 is 0 Å². The van der Waals surface area contributed by atoms with Gasteiger partial charge < -0.3 is 28.4 Å². The lowest BCUT2D eigenvalue weighted by atomic mass is 9.55. The van der Waals surface area contributed by atoms with Gasteiger partial charge in [-0.25, -0.2) is 0 Å². The van der Waals surface area contributed by atoms with Crippen LogP contribution in [0.1, 0.15) is 102 Å². The predicted molar refractivity (Wildman–Crippen MR) is 139 cm³/mol. The van der Waals surface area contributed by atoms with Crippen LogP contribution in [0.2, 0.25) is 0 Å². The summed E-state index contributed by atoms with van der Waals surface area (Å²) in [5.41, 5.74) is 3.01. The lowest BCUT2D eigenvalue weighted by Gasteiger charge is -2.51. The maximum atomic E-state index is 6.68. The van der Waals surface area contributed by atoms with E-state index in [1.165, 1.54) is 30.4 Å². The second kappa shape index (κ2) is 9.39. The topological polar surface area (TPSA) is 55.4 Å². The highest BCUT2D eigenvalue weighted by Gasteiger charge is 2.63. The first kappa shape index (κ1) is 24.7. The molecule has 0 amide bonds. The van der Waals surface area contributed by atoms with Crippen molar-refractivity contribution in [3.8, 4) is 11.5 Å². The van der Waals surface area contributed by atoms with Gasteiger partial charge in [0.1, 0.15) is 11.5 Å². The maximum Gasteiger partial charge on any atom is 0.199 e. The van der Waals surface area contributed by atoms with Crippen LogP contribution < -0.4 is 9.47 Å². The Bertz CT molecular complexity index is 996. The average Bonchev–Trinajstić information content (AvgIpc) is 3.34. The first-order chi connectivity index (χ1) is 17.9. The molecule has 6 heteroatoms. The largest absolute Gasteiger partial charge is 0.465 e. The van der Waals surface area contributed by atoms with E-state index < -0.39 is 5.79 Å². The zero-order valence-corrected chi connectivity index (χ0v) is 22.8. The van der Waals surface area contributed by atoms with Crippen LogP contribution in [0, 0.1) is 17.3 Å². The van der Waals surface area contributed by atoms with E-state index in [4.69, 9.17) is 28.4 Å². The minimum Gasteiger partial charge on any atom is -0.465 e. The molecule has 6 aliphatic rings. The zero-order valence-electron chi connectivity index (χ0n) is 22.8. The molecule has 7 rings (SSSR count). The van der Waals surface area contributed by atoms with Gasteiger partial charge in [0.05, 0.1) is 25.4 Å². The Morgan fingerprint density at radius 1 is 0.838 bits per heavy atom. The monoisotopic (exact) mass is 512 g/mol. The van der Waals surface area contributed by atoms with Crippen molar-refractivity contribution in [1.29, 1.82) is 0 Å². The Hall–Kier alpha value is -1.34. The molecule has 5 fully saturated rings. The van der Waals surface area contributed by atoms with E-state index in [1.807, 2.05) is 0 Å². The molecular weight excluding hydrogens is 468 g/mol. The van der Waals surface area contributed by atoms with E-state index in [9.17, 15) is 0 Å². The third-order valence-electron chi connectivity index (χ3n) is 10.3. The van der Waals surface area contributed by atoms with Crippen LogP contribution in [0.15, 0.2) is 12.1 Å². The molecule has 1 aromatic rings. The molecular formula is C31H44O6. The fraction of sp³-hybridized carbons (Fsp3) is 0.806. The number of hydrogen-bond acceptors (Lipinski definition) is 6. The van der Waals surface area contributed by atoms with Crippen molar-refractivity contribution in [3.05, 3.63) is 23.3 Å². The van der Waals surface area contributed by atoms with Crippen LogP contribution >= 0.6 is 0 Å². The Balaban J connectivity index is 1.19. The lowest BCUT2D eigenvalue weighted by molar-refractivity contribution is -0.178. The van der Waals surface area contributed by atoms with Crippen molar-refractivity contribution < 1.29 is 28.4 Å². The lowest BCUT2D eigenvalue weighted by Crippen LogP contribution is -2.45. The van der Waals surface area contributed by atoms with E-state index in [2.05, 4.69) is 32.9 Å². The molecule has 204 valence electrons. The summed E-state index contributed by atoms with van der Waals surface area (Å²) in [6.07, 6.45) is 12.3. The summed E-state index contributed by atoms with van der Waals surface area (Å²) >= 11 is 0. The number of aryl methyl sites for hydroxylation is 1. The second-order valence-electron chi connectivity index (χ2n) is 13.1. The van der Waals surface area contributed by atoms with Gasteiger partial charge in [0, 0.05) is 24.5 Å². The molecule has 2 unspecified atom stereocenters. The van der Waals surface area contributed by atoms with E-state index in [0.29, 0.717) is 17.8 Å². The quantitative estimate of drug-likeness (QED) is 0.460. The van der Waals surface area contributed by atoms with Crippen molar-refractivity contribution in [1.82, 2.24) is 0 Å². The predicted octanol–water partition coefficient (Wildman–Crippen LogP) is 6.48. The van der Waals surface area contributed by atoms with Crippen molar-refractivity contribution in [3.63, 3.8) is 0 Å². The molecule has 0 aromatic heterocycles. The third kappa shape index (κ3) is 4.40. The summed E-state index contributed by atoms with van der Waals surface area (Å²) in [5.74, 6) is 3.17. The van der Waals surface area contributed by atoms with Crippen LogP contribution in [0.25, 0.3) is 0 Å². The first-order valence-electron chi connectivity index (χ1n) is 15.0. The average molecular weight is 513 g/mol. The zero-order chi connectivity index (χ0) is 25.2. The standard InChI is InChI=1S/C31H44O6/c1-30(2)36-25-18-23-21-11-10-19-16-20(34-26-8-4-6-14-32-26)17-24(35-27-9-5-7-15-33-27)28(19)22(21)12-13-31(23,3)29(25)37-30/h16-17,21-23,25-27,29H,4-15,18H2,1-3H3/t21-,22-,23-,25-,26?,27?,29-,31-/m0/s1. The van der Waals surface area contributed by atoms with E-state index in [0.717, 1.165) is 76.1 Å². The Morgan fingerprint density at radius 2 is 1.59 bits per heavy atom. The van der Waals surface area contributed by atoms with E-state index in [-0.39, 0.29) is 30.2 Å². The summed E-state index contributed by atoms with van der Waals surface area (Å²) < 4.78 is 37.9. The molecule has 1 aromatic carbocycles. The number of benzene rings is 1. The van der Waals surface area contributed by atoms with E-state index in [1.54, 1.807) is 0 Å². The van der Waals surface area contributed by atoms with E-state index >= 15 is 0 Å². The Labute approximate surface area is 221 Å². The van der Waals surface area contributed by atoms with Crippen LogP contribution in [-0.2, 0) is 25.4 Å². The Kier molecular flexibility index (Phi) is 6.27. The fourth-order valence-corrected chi connectivity index (χ4v) is 8.68. The maximum absolute atomic E-state index is 6.68. The van der Waals surface area contributed by atoms with Gasteiger partial charge in [0.25, 0.3) is 0 Å². The second-order valence-corrected chi connectivity index (χ2v) is 13.1. The molecule has 0 spiro atoms. The normalized spacial score (nSPS) is 42.3. The number of ether oxygens (including phenoxy) is 6. The van der Waals surface area contributed by atoms with Crippen LogP contribution in [0.4, 0.5) is 0 Å². The van der Waals surface area contributed by atoms with Gasteiger partial charge in [-0.2, -0.15) is 0 Å². The molecule has 8 atom stereocenters. The highest BCUT2D eigenvalue weighted by atomic mass is 16.8. The molecule has 3 saturated heterocycles. The van der Waals surface area contributed by atoms with Crippen LogP contribution in [-0.4, -0.2) is 43.8 Å². The molecule has 3 heterocycles. The van der Waals surface area contributed by atoms with Crippen molar-refractivity contribution in [2.45, 2.75) is 128 Å². The van der Waals surface area contributed by atoms with Gasteiger partial charge in [-0.05, 0) is 106 Å². The fourth-order valence-electron chi connectivity index (χ4n) is 8.68. The molecule has 3 aliphatic carbocycles. The highest BCUT2D eigenvalue weighted by Crippen LogP contribution is 2.65. The molecule has 0 radical (unpaired) electrons. The molecule has 3 aliphatic heterocycles. The van der Waals surface area contributed by atoms with Crippen LogP contribution in [0.3, 0.4) is 0 Å². The summed E-state index contributed by atoms with van der Waals surface area (Å²) in [5, 5.41) is 0. The smallest absolute Gasteiger partial charge is 0.199 e. The van der Waals surface area contributed by atoms with Gasteiger partial charge in [0.15, 0.2) is 18.4 Å². The summed E-state index contributed by atoms with van der Waals surface area (Å²) in [6.45, 7) is 8.19. The van der Waals surface area contributed by atoms with Crippen molar-refractivity contribution in [2.75, 3.05) is 13.2 Å². The van der Waals surface area contributed by atoms with Crippen LogP contribution in [0.5, 0.6) is 11.5 Å². The SMILES string of the molecule is CC1(C)O[C@H]2C[C@H]3[C@H]4CCc5cc(OC6CCCCO6)cc(OC6CCCCO6)c5[C@H]4CC[C@]3(C)[C@H]2O1. The van der Waals surface area contributed by atoms with Gasteiger partial charge in [-0.3, -0.25) is 0 Å². The number of fused-ring (bicyclic) bond motifs is 7. The molecule has 0 N–H and O–H groups in total. The summed E-state index contributed by atoms with van der Waals surface area (Å²) in [6, 6.07) is 4.42.